The summed E-state index contributed by atoms with van der Waals surface area (Å²) in [6.07, 6.45) is 3.23. The highest BCUT2D eigenvalue weighted by Crippen LogP contribution is 2.43. The zero-order chi connectivity index (χ0) is 28.9. The molecule has 5 rings (SSSR count). The van der Waals surface area contributed by atoms with E-state index in [1.54, 1.807) is 11.8 Å². The topological polar surface area (TPSA) is 173 Å². The van der Waals surface area contributed by atoms with Crippen LogP contribution in [0.5, 0.6) is 11.5 Å². The van der Waals surface area contributed by atoms with E-state index in [9.17, 15) is 9.59 Å². The summed E-state index contributed by atoms with van der Waals surface area (Å²) in [7, 11) is 0. The van der Waals surface area contributed by atoms with Gasteiger partial charge in [0.2, 0.25) is 6.79 Å². The van der Waals surface area contributed by atoms with Crippen molar-refractivity contribution in [3.05, 3.63) is 22.9 Å². The van der Waals surface area contributed by atoms with Crippen molar-refractivity contribution in [2.75, 3.05) is 38.7 Å². The molecule has 0 radical (unpaired) electrons. The van der Waals surface area contributed by atoms with Gasteiger partial charge in [-0.15, -0.1) is 0 Å². The van der Waals surface area contributed by atoms with E-state index in [1.165, 1.54) is 18.1 Å². The van der Waals surface area contributed by atoms with Crippen molar-refractivity contribution in [1.82, 2.24) is 29.7 Å². The van der Waals surface area contributed by atoms with E-state index in [-0.39, 0.29) is 12.7 Å². The lowest BCUT2D eigenvalue weighted by Gasteiger charge is -2.33. The Morgan fingerprint density at radius 3 is 2.76 bits per heavy atom. The number of imidazole rings is 1. The lowest BCUT2D eigenvalue weighted by molar-refractivity contribution is -0.140. The number of hydrogen-bond donors (Lipinski definition) is 3. The number of nitrogens with two attached hydrogens (primary N) is 2. The van der Waals surface area contributed by atoms with Gasteiger partial charge < -0.3 is 40.5 Å². The minimum Gasteiger partial charge on any atom is -0.454 e. The summed E-state index contributed by atoms with van der Waals surface area (Å²) in [5, 5.41) is 3.35. The number of piperidine rings is 1. The van der Waals surface area contributed by atoms with Crippen molar-refractivity contribution in [3.63, 3.8) is 0 Å². The van der Waals surface area contributed by atoms with E-state index < -0.39 is 12.2 Å². The molecule has 0 saturated carbocycles. The number of nitrogens with zero attached hydrogens (tertiary/aromatic N) is 5. The quantitative estimate of drug-likeness (QED) is 0.276. The summed E-state index contributed by atoms with van der Waals surface area (Å²) in [4.78, 5) is 40.8. The van der Waals surface area contributed by atoms with Crippen LogP contribution in [0.15, 0.2) is 33.0 Å². The highest BCUT2D eigenvalue weighted by molar-refractivity contribution is 9.10. The van der Waals surface area contributed by atoms with E-state index in [2.05, 4.69) is 35.8 Å². The van der Waals surface area contributed by atoms with Gasteiger partial charge in [0.15, 0.2) is 39.7 Å². The first-order valence-electron chi connectivity index (χ1n) is 13.5. The fraction of sp³-hybridized carbons (Fsp3) is 0.500. The zero-order valence-corrected chi connectivity index (χ0v) is 25.1. The number of ether oxygens (including phenoxy) is 3. The van der Waals surface area contributed by atoms with E-state index in [0.717, 1.165) is 33.8 Å². The van der Waals surface area contributed by atoms with Crippen LogP contribution in [-0.2, 0) is 16.1 Å². The Morgan fingerprint density at radius 1 is 1.24 bits per heavy atom. The predicted octanol–water partition coefficient (Wildman–Crippen LogP) is 3.14. The molecule has 3 aromatic rings. The molecule has 1 aromatic carbocycles. The summed E-state index contributed by atoms with van der Waals surface area (Å²) in [5.74, 6) is 1.93. The first-order valence-corrected chi connectivity index (χ1v) is 15.1. The summed E-state index contributed by atoms with van der Waals surface area (Å²) in [5.41, 5.74) is 12.8. The average Bonchev–Trinajstić information content (AvgIpc) is 3.56. The molecule has 5 N–H and O–H groups in total. The largest absolute Gasteiger partial charge is 0.454 e. The fourth-order valence-electron chi connectivity index (χ4n) is 4.84. The number of fused-ring (bicyclic) bond motifs is 2. The number of amides is 2. The Hall–Kier alpha value is -3.30. The SMILES string of the molecule is CC(OC(=O)NCCCN)C(=O)N1CCC(CCn2c(Sc3cc4c(cc3Br)OCO4)nc3c(N)ncnc32)CC1. The van der Waals surface area contributed by atoms with Crippen LogP contribution in [0.1, 0.15) is 32.6 Å². The normalized spacial score (nSPS) is 15.7. The van der Waals surface area contributed by atoms with Crippen molar-refractivity contribution >= 4 is 56.7 Å². The van der Waals surface area contributed by atoms with Crippen LogP contribution < -0.4 is 26.3 Å². The van der Waals surface area contributed by atoms with Crippen molar-refractivity contribution in [1.29, 1.82) is 0 Å². The fourth-order valence-corrected chi connectivity index (χ4v) is 6.35. The number of aryl methyl sites for hydroxylation is 1. The molecule has 41 heavy (non-hydrogen) atoms. The maximum Gasteiger partial charge on any atom is 0.407 e. The van der Waals surface area contributed by atoms with Crippen molar-refractivity contribution in [2.45, 2.75) is 55.3 Å². The Labute approximate surface area is 249 Å². The van der Waals surface area contributed by atoms with Gasteiger partial charge in [0.1, 0.15) is 6.33 Å². The number of nitrogens with one attached hydrogen (secondary N) is 1. The Bertz CT molecular complexity index is 1410. The average molecular weight is 650 g/mol. The molecule has 0 bridgehead atoms. The molecule has 4 heterocycles. The van der Waals surface area contributed by atoms with Crippen LogP contribution >= 0.6 is 27.7 Å². The van der Waals surface area contributed by atoms with Crippen molar-refractivity contribution < 1.29 is 23.8 Å². The number of carbonyl (C=O) groups is 2. The maximum absolute atomic E-state index is 12.8. The molecule has 13 nitrogen and oxygen atoms in total. The number of carbonyl (C=O) groups excluding carboxylic acids is 2. The molecule has 1 saturated heterocycles. The summed E-state index contributed by atoms with van der Waals surface area (Å²) in [6.45, 7) is 4.59. The summed E-state index contributed by atoms with van der Waals surface area (Å²) >= 11 is 5.12. The minimum atomic E-state index is -0.845. The molecule has 1 fully saturated rings. The molecule has 0 spiro atoms. The molecular formula is C26H33BrN8O5S. The van der Waals surface area contributed by atoms with Crippen LogP contribution in [0.4, 0.5) is 10.6 Å². The number of alkyl carbamates (subject to hydrolysis) is 1. The highest BCUT2D eigenvalue weighted by atomic mass is 79.9. The van der Waals surface area contributed by atoms with Gasteiger partial charge in [-0.05, 0) is 73.1 Å². The molecule has 220 valence electrons. The molecular weight excluding hydrogens is 616 g/mol. The Kier molecular flexibility index (Phi) is 9.35. The molecule has 2 aliphatic rings. The number of likely N-dealkylation sites (tertiary alicyclic amines) is 1. The monoisotopic (exact) mass is 648 g/mol. The van der Waals surface area contributed by atoms with Crippen LogP contribution in [0.25, 0.3) is 11.2 Å². The van der Waals surface area contributed by atoms with Crippen molar-refractivity contribution in [3.8, 4) is 11.5 Å². The van der Waals surface area contributed by atoms with E-state index in [4.69, 9.17) is 30.7 Å². The second-order valence-corrected chi connectivity index (χ2v) is 11.8. The number of anilines is 1. The number of halogens is 1. The lowest BCUT2D eigenvalue weighted by Crippen LogP contribution is -2.45. The van der Waals surface area contributed by atoms with Gasteiger partial charge in [0, 0.05) is 35.5 Å². The van der Waals surface area contributed by atoms with Gasteiger partial charge in [-0.1, -0.05) is 11.8 Å². The van der Waals surface area contributed by atoms with Crippen LogP contribution in [0, 0.1) is 5.92 Å². The van der Waals surface area contributed by atoms with Crippen LogP contribution in [0.2, 0.25) is 0 Å². The van der Waals surface area contributed by atoms with Gasteiger partial charge in [-0.3, -0.25) is 4.79 Å². The minimum absolute atomic E-state index is 0.182. The van der Waals surface area contributed by atoms with E-state index in [1.807, 2.05) is 12.1 Å². The van der Waals surface area contributed by atoms with Crippen LogP contribution in [-0.4, -0.2) is 75.5 Å². The maximum atomic E-state index is 12.8. The molecule has 0 aliphatic carbocycles. The van der Waals surface area contributed by atoms with Gasteiger partial charge in [-0.25, -0.2) is 19.7 Å². The lowest BCUT2D eigenvalue weighted by atomic mass is 9.93. The number of hydrogen-bond acceptors (Lipinski definition) is 11. The Balaban J connectivity index is 1.21. The third-order valence-corrected chi connectivity index (χ3v) is 9.09. The second kappa shape index (κ2) is 13.1. The third-order valence-electron chi connectivity index (χ3n) is 7.12. The van der Waals surface area contributed by atoms with E-state index in [0.29, 0.717) is 73.5 Å². The Morgan fingerprint density at radius 2 is 2.00 bits per heavy atom. The summed E-state index contributed by atoms with van der Waals surface area (Å²) < 4.78 is 19.2. The van der Waals surface area contributed by atoms with Gasteiger partial charge in [0.25, 0.3) is 5.91 Å². The smallest absolute Gasteiger partial charge is 0.407 e. The summed E-state index contributed by atoms with van der Waals surface area (Å²) in [6, 6.07) is 3.82. The molecule has 2 aliphatic heterocycles. The zero-order valence-electron chi connectivity index (χ0n) is 22.7. The van der Waals surface area contributed by atoms with E-state index >= 15 is 0 Å². The second-order valence-electron chi connectivity index (χ2n) is 9.89. The first-order chi connectivity index (χ1) is 19.8. The highest BCUT2D eigenvalue weighted by Gasteiger charge is 2.28. The molecule has 15 heteroatoms. The number of rotatable bonds is 10. The number of aromatic nitrogens is 4. The molecule has 1 atom stereocenters. The molecule has 2 aromatic heterocycles. The number of nitrogen functional groups attached to an aromatic ring is 1. The van der Waals surface area contributed by atoms with Gasteiger partial charge in [-0.2, -0.15) is 0 Å². The van der Waals surface area contributed by atoms with Crippen LogP contribution in [0.3, 0.4) is 0 Å². The van der Waals surface area contributed by atoms with Gasteiger partial charge >= 0.3 is 6.09 Å². The van der Waals surface area contributed by atoms with Gasteiger partial charge in [0.05, 0.1) is 0 Å². The third kappa shape index (κ3) is 6.79. The number of benzene rings is 1. The predicted molar refractivity (Wildman–Crippen MR) is 156 cm³/mol. The standard InChI is InChI=1S/C26H33BrN8O5S/c1-15(40-26(37)30-7-2-6-28)24(36)34-8-3-16(4-9-34)5-10-35-23-21(22(29)31-13-32-23)33-25(35)41-20-12-19-18(11-17(20)27)38-14-39-19/h11-13,15-16H,2-10,14,28H2,1H3,(H,30,37)(H2,29,31,32). The molecule has 2 amide bonds. The first kappa shape index (κ1) is 29.2. The van der Waals surface area contributed by atoms with Crippen molar-refractivity contribution in [2.24, 2.45) is 11.7 Å². The molecule has 1 unspecified atom stereocenters.